The number of hydrogen-bond donors (Lipinski definition) is 1. The number of fused-ring (bicyclic) bond motifs is 1. The van der Waals surface area contributed by atoms with Crippen LogP contribution >= 0.6 is 0 Å². The van der Waals surface area contributed by atoms with Gasteiger partial charge in [-0.05, 0) is 67.4 Å². The molecule has 0 bridgehead atoms. The first-order valence-corrected chi connectivity index (χ1v) is 11.7. The molecule has 0 atom stereocenters. The molecule has 0 spiro atoms. The number of aryl methyl sites for hydroxylation is 1. The highest BCUT2D eigenvalue weighted by atomic mass is 32.2. The van der Waals surface area contributed by atoms with E-state index in [2.05, 4.69) is 5.32 Å². The number of sulfonamides is 1. The fourth-order valence-corrected chi connectivity index (χ4v) is 4.88. The second kappa shape index (κ2) is 9.11. The van der Waals surface area contributed by atoms with Crippen molar-refractivity contribution in [1.82, 2.24) is 0 Å². The Morgan fingerprint density at radius 3 is 2.42 bits per heavy atom. The molecule has 33 heavy (non-hydrogen) atoms. The molecule has 0 saturated heterocycles. The third kappa shape index (κ3) is 4.78. The second-order valence-corrected chi connectivity index (χ2v) is 9.45. The SMILES string of the molecule is Cc1cccc(NC(=O)CN(c2ccc(F)cc2)S(=O)(=O)c2ccc3c(c2)OCCO3)c1C. The molecule has 1 amide bonds. The summed E-state index contributed by atoms with van der Waals surface area (Å²) in [6.07, 6.45) is 0. The maximum Gasteiger partial charge on any atom is 0.264 e. The van der Waals surface area contributed by atoms with E-state index in [0.717, 1.165) is 27.6 Å². The Morgan fingerprint density at radius 1 is 1.00 bits per heavy atom. The Morgan fingerprint density at radius 2 is 1.70 bits per heavy atom. The lowest BCUT2D eigenvalue weighted by atomic mass is 10.1. The first kappa shape index (κ1) is 22.6. The van der Waals surface area contributed by atoms with Crippen molar-refractivity contribution < 1.29 is 27.1 Å². The van der Waals surface area contributed by atoms with Crippen LogP contribution in [0, 0.1) is 19.7 Å². The fraction of sp³-hybridized carbons (Fsp3) is 0.208. The Labute approximate surface area is 191 Å². The maximum absolute atomic E-state index is 13.6. The second-order valence-electron chi connectivity index (χ2n) is 7.59. The molecule has 0 aliphatic carbocycles. The van der Waals surface area contributed by atoms with Gasteiger partial charge in [0.15, 0.2) is 11.5 Å². The van der Waals surface area contributed by atoms with Crippen LogP contribution in [0.5, 0.6) is 11.5 Å². The fourth-order valence-electron chi connectivity index (χ4n) is 3.44. The summed E-state index contributed by atoms with van der Waals surface area (Å²) >= 11 is 0. The average molecular weight is 471 g/mol. The van der Waals surface area contributed by atoms with E-state index in [-0.39, 0.29) is 10.6 Å². The van der Waals surface area contributed by atoms with Crippen LogP contribution in [0.15, 0.2) is 65.6 Å². The maximum atomic E-state index is 13.6. The summed E-state index contributed by atoms with van der Waals surface area (Å²) in [4.78, 5) is 12.8. The number of anilines is 2. The van der Waals surface area contributed by atoms with Crippen LogP contribution in [-0.2, 0) is 14.8 Å². The molecule has 1 aliphatic rings. The van der Waals surface area contributed by atoms with Crippen LogP contribution in [0.1, 0.15) is 11.1 Å². The van der Waals surface area contributed by atoms with E-state index in [1.165, 1.54) is 30.3 Å². The number of ether oxygens (including phenoxy) is 2. The highest BCUT2D eigenvalue weighted by Crippen LogP contribution is 2.34. The summed E-state index contributed by atoms with van der Waals surface area (Å²) in [6.45, 7) is 3.96. The zero-order valence-corrected chi connectivity index (χ0v) is 19.0. The van der Waals surface area contributed by atoms with E-state index in [1.54, 1.807) is 6.07 Å². The van der Waals surface area contributed by atoms with E-state index < -0.39 is 28.3 Å². The van der Waals surface area contributed by atoms with Crippen LogP contribution in [0.25, 0.3) is 0 Å². The van der Waals surface area contributed by atoms with E-state index in [0.29, 0.717) is 30.4 Å². The highest BCUT2D eigenvalue weighted by Gasteiger charge is 2.29. The van der Waals surface area contributed by atoms with Crippen LogP contribution in [0.2, 0.25) is 0 Å². The minimum absolute atomic E-state index is 0.0735. The van der Waals surface area contributed by atoms with Crippen molar-refractivity contribution in [3.63, 3.8) is 0 Å². The van der Waals surface area contributed by atoms with Gasteiger partial charge >= 0.3 is 0 Å². The van der Waals surface area contributed by atoms with Gasteiger partial charge in [-0.2, -0.15) is 0 Å². The topological polar surface area (TPSA) is 84.9 Å². The molecule has 172 valence electrons. The number of benzene rings is 3. The van der Waals surface area contributed by atoms with Crippen LogP contribution in [-0.4, -0.2) is 34.1 Å². The van der Waals surface area contributed by atoms with Gasteiger partial charge in [0.1, 0.15) is 25.6 Å². The molecule has 3 aromatic carbocycles. The summed E-state index contributed by atoms with van der Waals surface area (Å²) in [5.74, 6) is -0.299. The van der Waals surface area contributed by atoms with E-state index in [1.807, 2.05) is 26.0 Å². The Balaban J connectivity index is 1.68. The number of amides is 1. The molecule has 4 rings (SSSR count). The summed E-state index contributed by atoms with van der Waals surface area (Å²) < 4.78 is 52.6. The minimum Gasteiger partial charge on any atom is -0.486 e. The van der Waals surface area contributed by atoms with E-state index in [9.17, 15) is 17.6 Å². The summed E-state index contributed by atoms with van der Waals surface area (Å²) in [6, 6.07) is 14.7. The molecule has 0 saturated carbocycles. The Kier molecular flexibility index (Phi) is 6.24. The van der Waals surface area contributed by atoms with Crippen molar-refractivity contribution in [2.45, 2.75) is 18.7 Å². The number of carbonyl (C=O) groups is 1. The lowest BCUT2D eigenvalue weighted by molar-refractivity contribution is -0.114. The largest absolute Gasteiger partial charge is 0.486 e. The van der Waals surface area contributed by atoms with Gasteiger partial charge in [-0.1, -0.05) is 12.1 Å². The zero-order valence-electron chi connectivity index (χ0n) is 18.2. The van der Waals surface area contributed by atoms with Crippen LogP contribution in [0.4, 0.5) is 15.8 Å². The first-order valence-electron chi connectivity index (χ1n) is 10.3. The van der Waals surface area contributed by atoms with Gasteiger partial charge in [0.2, 0.25) is 5.91 Å². The highest BCUT2D eigenvalue weighted by molar-refractivity contribution is 7.92. The lowest BCUT2D eigenvalue weighted by Gasteiger charge is -2.25. The van der Waals surface area contributed by atoms with Crippen LogP contribution in [0.3, 0.4) is 0 Å². The van der Waals surface area contributed by atoms with Gasteiger partial charge in [-0.3, -0.25) is 9.10 Å². The standard InChI is InChI=1S/C24H23FN2O5S/c1-16-4-3-5-21(17(16)2)26-24(28)15-27(19-8-6-18(25)7-9-19)33(29,30)20-10-11-22-23(14-20)32-13-12-31-22/h3-11,14H,12-13,15H2,1-2H3,(H,26,28). The number of rotatable bonds is 6. The summed E-state index contributed by atoms with van der Waals surface area (Å²) in [5, 5.41) is 2.77. The van der Waals surface area contributed by atoms with Crippen molar-refractivity contribution in [2.24, 2.45) is 0 Å². The van der Waals surface area contributed by atoms with Crippen molar-refractivity contribution in [3.8, 4) is 11.5 Å². The van der Waals surface area contributed by atoms with Crippen molar-refractivity contribution in [1.29, 1.82) is 0 Å². The molecule has 1 N–H and O–H groups in total. The summed E-state index contributed by atoms with van der Waals surface area (Å²) in [7, 11) is -4.19. The Bertz CT molecular complexity index is 1290. The van der Waals surface area contributed by atoms with Crippen LogP contribution < -0.4 is 19.1 Å². The quantitative estimate of drug-likeness (QED) is 0.588. The van der Waals surface area contributed by atoms with Gasteiger partial charge in [0.05, 0.1) is 10.6 Å². The molecule has 0 radical (unpaired) electrons. The molecule has 9 heteroatoms. The van der Waals surface area contributed by atoms with Gasteiger partial charge in [0, 0.05) is 11.8 Å². The number of nitrogens with zero attached hydrogens (tertiary/aromatic N) is 1. The average Bonchev–Trinajstić information content (AvgIpc) is 2.81. The lowest BCUT2D eigenvalue weighted by Crippen LogP contribution is -2.38. The number of halogens is 1. The van der Waals surface area contributed by atoms with Gasteiger partial charge < -0.3 is 14.8 Å². The third-order valence-electron chi connectivity index (χ3n) is 5.38. The smallest absolute Gasteiger partial charge is 0.264 e. The molecule has 3 aromatic rings. The third-order valence-corrected chi connectivity index (χ3v) is 7.15. The predicted octanol–water partition coefficient (Wildman–Crippen LogP) is 4.05. The number of carbonyl (C=O) groups excluding carboxylic acids is 1. The molecular formula is C24H23FN2O5S. The number of hydrogen-bond acceptors (Lipinski definition) is 5. The van der Waals surface area contributed by atoms with Crippen molar-refractivity contribution >= 4 is 27.3 Å². The molecule has 7 nitrogen and oxygen atoms in total. The minimum atomic E-state index is -4.19. The molecule has 0 fully saturated rings. The molecule has 1 aliphatic heterocycles. The molecule has 0 unspecified atom stereocenters. The molecule has 1 heterocycles. The first-order chi connectivity index (χ1) is 15.8. The Hall–Kier alpha value is -3.59. The van der Waals surface area contributed by atoms with Crippen molar-refractivity contribution in [2.75, 3.05) is 29.4 Å². The normalized spacial score (nSPS) is 12.8. The van der Waals surface area contributed by atoms with Crippen molar-refractivity contribution in [3.05, 3.63) is 77.6 Å². The number of nitrogens with one attached hydrogen (secondary N) is 1. The molecule has 0 aromatic heterocycles. The predicted molar refractivity (Wildman–Crippen MR) is 123 cm³/mol. The summed E-state index contributed by atoms with van der Waals surface area (Å²) in [5.41, 5.74) is 2.62. The van der Waals surface area contributed by atoms with Gasteiger partial charge in [-0.25, -0.2) is 12.8 Å². The zero-order chi connectivity index (χ0) is 23.6. The monoisotopic (exact) mass is 470 g/mol. The van der Waals surface area contributed by atoms with E-state index in [4.69, 9.17) is 9.47 Å². The van der Waals surface area contributed by atoms with Gasteiger partial charge in [0.25, 0.3) is 10.0 Å². The molecular weight excluding hydrogens is 447 g/mol. The van der Waals surface area contributed by atoms with Gasteiger partial charge in [-0.15, -0.1) is 0 Å². The van der Waals surface area contributed by atoms with E-state index >= 15 is 0 Å².